The molecule has 2 heterocycles. The van der Waals surface area contributed by atoms with Crippen LogP contribution >= 0.6 is 0 Å². The smallest absolute Gasteiger partial charge is 0.0666 e. The lowest BCUT2D eigenvalue weighted by atomic mass is 9.72. The lowest BCUT2D eigenvalue weighted by Crippen LogP contribution is -2.44. The monoisotopic (exact) mass is 344 g/mol. The molecule has 0 aromatic carbocycles. The summed E-state index contributed by atoms with van der Waals surface area (Å²) in [5.74, 6) is 0.965. The van der Waals surface area contributed by atoms with E-state index in [0.29, 0.717) is 17.3 Å². The summed E-state index contributed by atoms with van der Waals surface area (Å²) in [5.41, 5.74) is 9.82. The van der Waals surface area contributed by atoms with Crippen molar-refractivity contribution in [2.75, 3.05) is 5.73 Å². The van der Waals surface area contributed by atoms with E-state index < -0.39 is 0 Å². The molecule has 3 nitrogen and oxygen atoms in total. The zero-order chi connectivity index (χ0) is 18.5. The molecule has 2 N–H and O–H groups in total. The van der Waals surface area contributed by atoms with Crippen LogP contribution < -0.4 is 5.73 Å². The van der Waals surface area contributed by atoms with Crippen LogP contribution in [0.15, 0.2) is 12.1 Å². The third-order valence-corrected chi connectivity index (χ3v) is 6.15. The van der Waals surface area contributed by atoms with Crippen molar-refractivity contribution in [2.24, 2.45) is 5.41 Å². The predicted molar refractivity (Wildman–Crippen MR) is 105 cm³/mol. The zero-order valence-electron chi connectivity index (χ0n) is 17.0. The summed E-state index contributed by atoms with van der Waals surface area (Å²) >= 11 is 0. The van der Waals surface area contributed by atoms with Gasteiger partial charge in [0.25, 0.3) is 0 Å². The molecule has 1 aliphatic carbocycles. The Bertz CT molecular complexity index is 607. The van der Waals surface area contributed by atoms with Crippen molar-refractivity contribution in [3.05, 3.63) is 23.5 Å². The fourth-order valence-corrected chi connectivity index (χ4v) is 5.03. The molecule has 140 valence electrons. The van der Waals surface area contributed by atoms with E-state index in [1.807, 2.05) is 0 Å². The van der Waals surface area contributed by atoms with Gasteiger partial charge < -0.3 is 10.5 Å². The van der Waals surface area contributed by atoms with Gasteiger partial charge in [0.1, 0.15) is 0 Å². The topological polar surface area (TPSA) is 48.1 Å². The van der Waals surface area contributed by atoms with E-state index in [-0.39, 0.29) is 11.2 Å². The number of aromatic nitrogens is 1. The molecule has 1 saturated heterocycles. The number of ether oxygens (including phenoxy) is 1. The molecule has 0 unspecified atom stereocenters. The molecule has 2 fully saturated rings. The normalized spacial score (nSPS) is 26.5. The Hall–Kier alpha value is -1.09. The maximum absolute atomic E-state index is 6.34. The third-order valence-electron chi connectivity index (χ3n) is 6.15. The summed E-state index contributed by atoms with van der Waals surface area (Å²) in [5, 5.41) is 0. The number of hydrogen-bond acceptors (Lipinski definition) is 3. The van der Waals surface area contributed by atoms with Gasteiger partial charge in [0.05, 0.1) is 22.6 Å². The molecule has 3 rings (SSSR count). The van der Waals surface area contributed by atoms with Crippen LogP contribution in [0.3, 0.4) is 0 Å². The summed E-state index contributed by atoms with van der Waals surface area (Å²) in [4.78, 5) is 5.12. The lowest BCUT2D eigenvalue weighted by molar-refractivity contribution is -0.162. The molecule has 25 heavy (non-hydrogen) atoms. The van der Waals surface area contributed by atoms with Crippen LogP contribution in [0.1, 0.15) is 103 Å². The largest absolute Gasteiger partial charge is 0.397 e. The van der Waals surface area contributed by atoms with E-state index in [1.54, 1.807) is 0 Å². The molecule has 1 aromatic rings. The van der Waals surface area contributed by atoms with Crippen molar-refractivity contribution in [2.45, 2.75) is 103 Å². The fraction of sp³-hybridized carbons (Fsp3) is 0.773. The first kappa shape index (κ1) is 18.7. The summed E-state index contributed by atoms with van der Waals surface area (Å²) in [6.45, 7) is 13.5. The summed E-state index contributed by atoms with van der Waals surface area (Å²) in [6, 6.07) is 4.24. The summed E-state index contributed by atoms with van der Waals surface area (Å²) in [6.07, 6.45) is 6.98. The van der Waals surface area contributed by atoms with Crippen LogP contribution in [0.2, 0.25) is 0 Å². The molecule has 1 aliphatic heterocycles. The quantitative estimate of drug-likeness (QED) is 0.737. The van der Waals surface area contributed by atoms with E-state index in [4.69, 9.17) is 15.5 Å². The Morgan fingerprint density at radius 2 is 1.48 bits per heavy atom. The minimum absolute atomic E-state index is 0.107. The van der Waals surface area contributed by atoms with Crippen LogP contribution in [-0.2, 0) is 4.74 Å². The molecular formula is C22H36N2O. The zero-order valence-corrected chi connectivity index (χ0v) is 17.0. The standard InChI is InChI=1S/C22H36N2O/c1-20(2)11-9-15(10-12-20)19-17(23)7-8-18(24-19)16-13-21(3,4)25-22(5,6)14-16/h7-8,15-16H,9-14,23H2,1-6H3. The maximum Gasteiger partial charge on any atom is 0.0666 e. The Labute approximate surface area is 153 Å². The van der Waals surface area contributed by atoms with E-state index in [1.165, 1.54) is 31.4 Å². The first-order valence-electron chi connectivity index (χ1n) is 9.93. The van der Waals surface area contributed by atoms with Gasteiger partial charge in [0, 0.05) is 17.5 Å². The van der Waals surface area contributed by atoms with Gasteiger partial charge in [-0.3, -0.25) is 4.98 Å². The number of pyridine rings is 1. The van der Waals surface area contributed by atoms with E-state index in [0.717, 1.165) is 24.2 Å². The Balaban J connectivity index is 1.84. The number of nitrogens with zero attached hydrogens (tertiary/aromatic N) is 1. The Morgan fingerprint density at radius 3 is 2.04 bits per heavy atom. The van der Waals surface area contributed by atoms with Gasteiger partial charge >= 0.3 is 0 Å². The van der Waals surface area contributed by atoms with E-state index in [2.05, 4.69) is 53.7 Å². The minimum atomic E-state index is -0.107. The van der Waals surface area contributed by atoms with Gasteiger partial charge in [0.2, 0.25) is 0 Å². The molecule has 0 atom stereocenters. The molecular weight excluding hydrogens is 308 g/mol. The number of hydrogen-bond donors (Lipinski definition) is 1. The molecule has 0 bridgehead atoms. The van der Waals surface area contributed by atoms with Gasteiger partial charge in [-0.1, -0.05) is 13.8 Å². The molecule has 0 radical (unpaired) electrons. The van der Waals surface area contributed by atoms with Gasteiger partial charge in [-0.15, -0.1) is 0 Å². The van der Waals surface area contributed by atoms with Crippen molar-refractivity contribution < 1.29 is 4.74 Å². The van der Waals surface area contributed by atoms with Crippen LogP contribution in [-0.4, -0.2) is 16.2 Å². The van der Waals surface area contributed by atoms with Gasteiger partial charge in [-0.25, -0.2) is 0 Å². The average Bonchev–Trinajstić information content (AvgIpc) is 2.45. The van der Waals surface area contributed by atoms with Crippen LogP contribution in [0.5, 0.6) is 0 Å². The highest BCUT2D eigenvalue weighted by Gasteiger charge is 2.40. The van der Waals surface area contributed by atoms with Crippen molar-refractivity contribution in [3.63, 3.8) is 0 Å². The number of nitrogen functional groups attached to an aromatic ring is 1. The molecule has 0 spiro atoms. The Morgan fingerprint density at radius 1 is 0.920 bits per heavy atom. The number of anilines is 1. The van der Waals surface area contributed by atoms with Crippen molar-refractivity contribution in [3.8, 4) is 0 Å². The second-order valence-electron chi connectivity index (χ2n) is 10.4. The summed E-state index contributed by atoms with van der Waals surface area (Å²) < 4.78 is 6.25. The van der Waals surface area contributed by atoms with Crippen molar-refractivity contribution >= 4 is 5.69 Å². The van der Waals surface area contributed by atoms with Gasteiger partial charge in [-0.2, -0.15) is 0 Å². The predicted octanol–water partition coefficient (Wildman–Crippen LogP) is 5.80. The first-order chi connectivity index (χ1) is 11.5. The van der Waals surface area contributed by atoms with E-state index in [9.17, 15) is 0 Å². The van der Waals surface area contributed by atoms with E-state index >= 15 is 0 Å². The van der Waals surface area contributed by atoms with Gasteiger partial charge in [0.15, 0.2) is 0 Å². The minimum Gasteiger partial charge on any atom is -0.397 e. The second kappa shape index (κ2) is 6.26. The highest BCUT2D eigenvalue weighted by Crippen LogP contribution is 2.45. The second-order valence-corrected chi connectivity index (χ2v) is 10.4. The van der Waals surface area contributed by atoms with Crippen molar-refractivity contribution in [1.82, 2.24) is 4.98 Å². The molecule has 3 heteroatoms. The molecule has 1 saturated carbocycles. The fourth-order valence-electron chi connectivity index (χ4n) is 5.03. The lowest BCUT2D eigenvalue weighted by Gasteiger charge is -2.45. The third kappa shape index (κ3) is 4.36. The number of rotatable bonds is 2. The molecule has 0 amide bonds. The first-order valence-corrected chi connectivity index (χ1v) is 9.93. The van der Waals surface area contributed by atoms with Crippen LogP contribution in [0.25, 0.3) is 0 Å². The van der Waals surface area contributed by atoms with Crippen LogP contribution in [0, 0.1) is 5.41 Å². The average molecular weight is 345 g/mol. The highest BCUT2D eigenvalue weighted by atomic mass is 16.5. The SMILES string of the molecule is CC1(C)CCC(c2nc(C3CC(C)(C)OC(C)(C)C3)ccc2N)CC1. The maximum atomic E-state index is 6.34. The molecule has 2 aliphatic rings. The molecule has 1 aromatic heterocycles. The van der Waals surface area contributed by atoms with Crippen molar-refractivity contribution in [1.29, 1.82) is 0 Å². The summed E-state index contributed by atoms with van der Waals surface area (Å²) in [7, 11) is 0. The van der Waals surface area contributed by atoms with Gasteiger partial charge in [-0.05, 0) is 83.8 Å². The highest BCUT2D eigenvalue weighted by molar-refractivity contribution is 5.46. The number of nitrogens with two attached hydrogens (primary N) is 1. The Kier molecular flexibility index (Phi) is 4.68. The van der Waals surface area contributed by atoms with Crippen LogP contribution in [0.4, 0.5) is 5.69 Å².